The van der Waals surface area contributed by atoms with E-state index in [4.69, 9.17) is 0 Å². The molecule has 5 heteroatoms. The second-order valence-corrected chi connectivity index (χ2v) is 7.41. The average molecular weight is 367 g/mol. The summed E-state index contributed by atoms with van der Waals surface area (Å²) in [4.78, 5) is 30.4. The summed E-state index contributed by atoms with van der Waals surface area (Å²) >= 11 is 0. The lowest BCUT2D eigenvalue weighted by atomic mass is 9.92. The van der Waals surface area contributed by atoms with Crippen molar-refractivity contribution in [3.63, 3.8) is 0 Å². The molecule has 1 aromatic heterocycles. The van der Waals surface area contributed by atoms with Crippen molar-refractivity contribution in [3.8, 4) is 0 Å². The van der Waals surface area contributed by atoms with Gasteiger partial charge in [-0.3, -0.25) is 14.6 Å². The van der Waals surface area contributed by atoms with E-state index in [-0.39, 0.29) is 18.4 Å². The van der Waals surface area contributed by atoms with Crippen LogP contribution in [-0.2, 0) is 16.1 Å². The van der Waals surface area contributed by atoms with Gasteiger partial charge in [-0.2, -0.15) is 0 Å². The minimum atomic E-state index is -0.191. The molecule has 0 saturated heterocycles. The summed E-state index contributed by atoms with van der Waals surface area (Å²) in [6.07, 6.45) is 3.39. The second-order valence-electron chi connectivity index (χ2n) is 7.41. The fourth-order valence-electron chi connectivity index (χ4n) is 3.04. The maximum Gasteiger partial charge on any atom is 0.244 e. The molecular formula is C22H29N3O2. The van der Waals surface area contributed by atoms with Gasteiger partial charge >= 0.3 is 0 Å². The third-order valence-electron chi connectivity index (χ3n) is 4.51. The van der Waals surface area contributed by atoms with Crippen LogP contribution >= 0.6 is 0 Å². The van der Waals surface area contributed by atoms with Gasteiger partial charge in [-0.05, 0) is 34.6 Å². The molecule has 1 heterocycles. The van der Waals surface area contributed by atoms with E-state index in [1.165, 1.54) is 11.8 Å². The quantitative estimate of drug-likeness (QED) is 0.793. The van der Waals surface area contributed by atoms with Gasteiger partial charge in [-0.15, -0.1) is 0 Å². The summed E-state index contributed by atoms with van der Waals surface area (Å²) in [5.41, 5.74) is 3.98. The summed E-state index contributed by atoms with van der Waals surface area (Å²) < 4.78 is 0. The molecule has 0 aliphatic heterocycles. The second kappa shape index (κ2) is 9.31. The van der Waals surface area contributed by atoms with Crippen molar-refractivity contribution in [2.24, 2.45) is 0 Å². The topological polar surface area (TPSA) is 62.3 Å². The number of pyridine rings is 1. The van der Waals surface area contributed by atoms with Crippen molar-refractivity contribution in [2.75, 3.05) is 11.9 Å². The summed E-state index contributed by atoms with van der Waals surface area (Å²) in [6, 6.07) is 9.84. The van der Waals surface area contributed by atoms with Gasteiger partial charge in [0, 0.05) is 31.5 Å². The van der Waals surface area contributed by atoms with Gasteiger partial charge in [0.25, 0.3) is 0 Å². The lowest BCUT2D eigenvalue weighted by molar-refractivity contribution is -0.133. The van der Waals surface area contributed by atoms with Gasteiger partial charge in [0.15, 0.2) is 0 Å². The molecule has 0 fully saturated rings. The molecule has 144 valence electrons. The van der Waals surface area contributed by atoms with Crippen molar-refractivity contribution in [2.45, 2.75) is 53.0 Å². The SMILES string of the molecule is CC(=O)N(CC(=O)Nc1c(C(C)C)cccc1C(C)C)Cc1cccnc1. The third kappa shape index (κ3) is 5.64. The van der Waals surface area contributed by atoms with Crippen LogP contribution in [-0.4, -0.2) is 28.2 Å². The summed E-state index contributed by atoms with van der Waals surface area (Å²) in [5, 5.41) is 3.06. The molecule has 27 heavy (non-hydrogen) atoms. The predicted octanol–water partition coefficient (Wildman–Crippen LogP) is 4.32. The summed E-state index contributed by atoms with van der Waals surface area (Å²) in [5.74, 6) is 0.246. The number of nitrogens with zero attached hydrogens (tertiary/aromatic N) is 2. The highest BCUT2D eigenvalue weighted by Gasteiger charge is 2.19. The maximum atomic E-state index is 12.7. The molecule has 5 nitrogen and oxygen atoms in total. The lowest BCUT2D eigenvalue weighted by Gasteiger charge is -2.23. The maximum absolute atomic E-state index is 12.7. The Bertz CT molecular complexity index is 759. The van der Waals surface area contributed by atoms with Gasteiger partial charge in [-0.25, -0.2) is 0 Å². The first kappa shape index (κ1) is 20.6. The van der Waals surface area contributed by atoms with Crippen molar-refractivity contribution in [3.05, 3.63) is 59.4 Å². The van der Waals surface area contributed by atoms with E-state index >= 15 is 0 Å². The molecule has 0 radical (unpaired) electrons. The van der Waals surface area contributed by atoms with Crippen LogP contribution in [0.1, 0.15) is 63.1 Å². The number of benzene rings is 1. The van der Waals surface area contributed by atoms with Gasteiger partial charge < -0.3 is 10.2 Å². The summed E-state index contributed by atoms with van der Waals surface area (Å²) in [6.45, 7) is 10.3. The van der Waals surface area contributed by atoms with E-state index in [2.05, 4.69) is 38.0 Å². The van der Waals surface area contributed by atoms with Gasteiger partial charge in [0.05, 0.1) is 0 Å². The van der Waals surface area contributed by atoms with E-state index < -0.39 is 0 Å². The molecule has 0 spiro atoms. The molecule has 0 bridgehead atoms. The highest BCUT2D eigenvalue weighted by Crippen LogP contribution is 2.32. The number of anilines is 1. The van der Waals surface area contributed by atoms with Gasteiger partial charge in [-0.1, -0.05) is 52.0 Å². The fraction of sp³-hybridized carbons (Fsp3) is 0.409. The number of carbonyl (C=O) groups is 2. The number of carbonyl (C=O) groups excluding carboxylic acids is 2. The average Bonchev–Trinajstić information content (AvgIpc) is 2.61. The van der Waals surface area contributed by atoms with Gasteiger partial charge in [0.1, 0.15) is 6.54 Å². The molecule has 1 aromatic carbocycles. The minimum Gasteiger partial charge on any atom is -0.329 e. The minimum absolute atomic E-state index is 0.00813. The number of rotatable bonds is 7. The van der Waals surface area contributed by atoms with Crippen molar-refractivity contribution < 1.29 is 9.59 Å². The van der Waals surface area contributed by atoms with E-state index in [1.54, 1.807) is 12.4 Å². The monoisotopic (exact) mass is 367 g/mol. The highest BCUT2D eigenvalue weighted by molar-refractivity contribution is 5.95. The van der Waals surface area contributed by atoms with Crippen LogP contribution in [0, 0.1) is 0 Å². The molecule has 0 aliphatic rings. The van der Waals surface area contributed by atoms with Gasteiger partial charge in [0.2, 0.25) is 11.8 Å². The largest absolute Gasteiger partial charge is 0.329 e. The lowest BCUT2D eigenvalue weighted by Crippen LogP contribution is -2.36. The van der Waals surface area contributed by atoms with Crippen LogP contribution in [0.15, 0.2) is 42.7 Å². The van der Waals surface area contributed by atoms with Crippen LogP contribution in [0.2, 0.25) is 0 Å². The van der Waals surface area contributed by atoms with Crippen LogP contribution in [0.25, 0.3) is 0 Å². The van der Waals surface area contributed by atoms with E-state index in [9.17, 15) is 9.59 Å². The number of hydrogen-bond acceptors (Lipinski definition) is 3. The molecular weight excluding hydrogens is 338 g/mol. The number of para-hydroxylation sites is 1. The van der Waals surface area contributed by atoms with Crippen LogP contribution in [0.5, 0.6) is 0 Å². The standard InChI is InChI=1S/C22H29N3O2/c1-15(2)19-9-6-10-20(16(3)4)22(19)24-21(27)14-25(17(5)26)13-18-8-7-11-23-12-18/h6-12,15-16H,13-14H2,1-5H3,(H,24,27). The van der Waals surface area contributed by atoms with Crippen molar-refractivity contribution in [1.29, 1.82) is 0 Å². The Labute approximate surface area is 161 Å². The Morgan fingerprint density at radius 1 is 1.04 bits per heavy atom. The Kier molecular flexibility index (Phi) is 7.11. The van der Waals surface area contributed by atoms with Crippen LogP contribution in [0.3, 0.4) is 0 Å². The number of nitrogens with one attached hydrogen (secondary N) is 1. The van der Waals surface area contributed by atoms with E-state index in [0.29, 0.717) is 18.4 Å². The van der Waals surface area contributed by atoms with E-state index in [1.807, 2.05) is 30.3 Å². The molecule has 1 N–H and O–H groups in total. The molecule has 0 unspecified atom stereocenters. The first-order chi connectivity index (χ1) is 12.8. The molecule has 0 saturated carbocycles. The van der Waals surface area contributed by atoms with Crippen molar-refractivity contribution >= 4 is 17.5 Å². The Morgan fingerprint density at radius 3 is 2.15 bits per heavy atom. The normalized spacial score (nSPS) is 10.9. The molecule has 2 amide bonds. The first-order valence-electron chi connectivity index (χ1n) is 9.36. The smallest absolute Gasteiger partial charge is 0.244 e. The zero-order valence-electron chi connectivity index (χ0n) is 16.8. The third-order valence-corrected chi connectivity index (χ3v) is 4.51. The number of amides is 2. The first-order valence-corrected chi connectivity index (χ1v) is 9.36. The molecule has 0 atom stereocenters. The van der Waals surface area contributed by atoms with E-state index in [0.717, 1.165) is 22.4 Å². The Morgan fingerprint density at radius 2 is 1.67 bits per heavy atom. The molecule has 0 aliphatic carbocycles. The molecule has 2 aromatic rings. The highest BCUT2D eigenvalue weighted by atomic mass is 16.2. The molecule has 2 rings (SSSR count). The van der Waals surface area contributed by atoms with Crippen LogP contribution in [0.4, 0.5) is 5.69 Å². The number of hydrogen-bond donors (Lipinski definition) is 1. The summed E-state index contributed by atoms with van der Waals surface area (Å²) in [7, 11) is 0. The van der Waals surface area contributed by atoms with Crippen LogP contribution < -0.4 is 5.32 Å². The Balaban J connectivity index is 2.19. The Hall–Kier alpha value is -2.69. The zero-order chi connectivity index (χ0) is 20.0. The fourth-order valence-corrected chi connectivity index (χ4v) is 3.04. The van der Waals surface area contributed by atoms with Crippen molar-refractivity contribution in [1.82, 2.24) is 9.88 Å². The number of aromatic nitrogens is 1. The predicted molar refractivity (Wildman–Crippen MR) is 109 cm³/mol. The zero-order valence-corrected chi connectivity index (χ0v) is 16.8.